The van der Waals surface area contributed by atoms with Gasteiger partial charge in [0.25, 0.3) is 0 Å². The fraction of sp³-hybridized carbons (Fsp3) is 0.800. The van der Waals surface area contributed by atoms with Crippen molar-refractivity contribution in [2.24, 2.45) is 0 Å². The van der Waals surface area contributed by atoms with Crippen molar-refractivity contribution >= 4 is 35.0 Å². The Kier molecular flexibility index (Phi) is 13.4. The summed E-state index contributed by atoms with van der Waals surface area (Å²) in [5.74, 6) is -1.48. The van der Waals surface area contributed by atoms with E-state index in [1.54, 1.807) is 0 Å². The third kappa shape index (κ3) is 16.4. The van der Waals surface area contributed by atoms with Crippen molar-refractivity contribution in [1.29, 1.82) is 0 Å². The molecule has 0 rings (SSSR count). The van der Waals surface area contributed by atoms with Gasteiger partial charge >= 0.3 is 35.0 Å². The number of rotatable bonds is 9. The molecule has 86 valence electrons. The van der Waals surface area contributed by atoms with Crippen LogP contribution in [0.25, 0.3) is 0 Å². The second kappa shape index (κ2) is 11.8. The molecule has 0 unspecified atom stereocenters. The maximum absolute atomic E-state index is 10.1. The van der Waals surface area contributed by atoms with Gasteiger partial charge in [-0.25, -0.2) is 0 Å². The predicted molar refractivity (Wildman–Crippen MR) is 60.8 cm³/mol. The lowest BCUT2D eigenvalue weighted by Gasteiger charge is -1.98. The lowest BCUT2D eigenvalue weighted by atomic mass is 10.1. The Morgan fingerprint density at radius 2 is 0.933 bits per heavy atom. The normalized spacial score (nSPS) is 9.33. The van der Waals surface area contributed by atoms with Crippen molar-refractivity contribution in [3.63, 3.8) is 0 Å². The molecule has 15 heavy (non-hydrogen) atoms. The first-order valence-electron chi connectivity index (χ1n) is 5.06. The predicted octanol–water partition coefficient (Wildman–Crippen LogP) is 1.36. The Bertz CT molecular complexity index is 162. The summed E-state index contributed by atoms with van der Waals surface area (Å²) < 4.78 is 0. The summed E-state index contributed by atoms with van der Waals surface area (Å²) in [5.41, 5.74) is 0. The SMILES string of the molecule is O=C(O)CCCCCCCCC(=O)O.[MgH2]. The highest BCUT2D eigenvalue weighted by Gasteiger charge is 1.98. The smallest absolute Gasteiger partial charge is 0.316 e. The molecule has 0 spiro atoms. The molecule has 0 amide bonds. The van der Waals surface area contributed by atoms with E-state index in [0.717, 1.165) is 38.5 Å². The molecule has 0 radical (unpaired) electrons. The maximum atomic E-state index is 10.1. The molecule has 0 atom stereocenters. The second-order valence-electron chi connectivity index (χ2n) is 3.41. The van der Waals surface area contributed by atoms with Crippen LogP contribution < -0.4 is 0 Å². The summed E-state index contributed by atoms with van der Waals surface area (Å²) in [6, 6.07) is 0. The monoisotopic (exact) mass is 228 g/mol. The van der Waals surface area contributed by atoms with Crippen molar-refractivity contribution in [2.75, 3.05) is 0 Å². The topological polar surface area (TPSA) is 74.6 Å². The highest BCUT2D eigenvalue weighted by atomic mass is 24.3. The van der Waals surface area contributed by atoms with Crippen LogP contribution >= 0.6 is 0 Å². The van der Waals surface area contributed by atoms with Crippen LogP contribution in [0.4, 0.5) is 0 Å². The molecule has 0 aromatic carbocycles. The number of unbranched alkanes of at least 4 members (excludes halogenated alkanes) is 5. The van der Waals surface area contributed by atoms with E-state index in [0.29, 0.717) is 0 Å². The van der Waals surface area contributed by atoms with Gasteiger partial charge in [0.15, 0.2) is 0 Å². The molecule has 4 nitrogen and oxygen atoms in total. The van der Waals surface area contributed by atoms with Crippen molar-refractivity contribution in [3.05, 3.63) is 0 Å². The van der Waals surface area contributed by atoms with Crippen LogP contribution in [0.15, 0.2) is 0 Å². The van der Waals surface area contributed by atoms with Gasteiger partial charge in [0, 0.05) is 12.8 Å². The molecule has 2 N–H and O–H groups in total. The van der Waals surface area contributed by atoms with Crippen molar-refractivity contribution < 1.29 is 19.8 Å². The van der Waals surface area contributed by atoms with Gasteiger partial charge in [-0.15, -0.1) is 0 Å². The number of carbonyl (C=O) groups is 2. The molecular weight excluding hydrogens is 208 g/mol. The molecule has 0 aliphatic rings. The van der Waals surface area contributed by atoms with Gasteiger partial charge in [0.2, 0.25) is 0 Å². The molecule has 5 heteroatoms. The third-order valence-corrected chi connectivity index (χ3v) is 2.03. The van der Waals surface area contributed by atoms with Crippen LogP contribution in [-0.2, 0) is 9.59 Å². The molecule has 0 fully saturated rings. The van der Waals surface area contributed by atoms with Crippen LogP contribution in [-0.4, -0.2) is 45.2 Å². The largest absolute Gasteiger partial charge is 0.481 e. The van der Waals surface area contributed by atoms with E-state index in [2.05, 4.69) is 0 Å². The zero-order valence-corrected chi connectivity index (χ0v) is 8.37. The standard InChI is InChI=1S/C10H18O4.Mg.2H/c11-9(12)7-5-3-1-2-4-6-8-10(13)14;;;/h1-8H2,(H,11,12)(H,13,14);;;. The Morgan fingerprint density at radius 1 is 0.667 bits per heavy atom. The van der Waals surface area contributed by atoms with E-state index < -0.39 is 11.9 Å². The van der Waals surface area contributed by atoms with Crippen molar-refractivity contribution in [2.45, 2.75) is 51.4 Å². The lowest BCUT2D eigenvalue weighted by Crippen LogP contribution is -1.94. The first kappa shape index (κ1) is 17.1. The summed E-state index contributed by atoms with van der Waals surface area (Å²) >= 11 is 0. The zero-order valence-electron chi connectivity index (χ0n) is 8.37. The van der Waals surface area contributed by atoms with Crippen LogP contribution in [0, 0.1) is 0 Å². The van der Waals surface area contributed by atoms with E-state index in [1.807, 2.05) is 0 Å². The number of carboxylic acids is 2. The van der Waals surface area contributed by atoms with Gasteiger partial charge in [0.1, 0.15) is 0 Å². The minimum Gasteiger partial charge on any atom is -0.481 e. The average Bonchev–Trinajstić information content (AvgIpc) is 2.08. The van der Waals surface area contributed by atoms with Gasteiger partial charge in [-0.2, -0.15) is 0 Å². The first-order valence-corrected chi connectivity index (χ1v) is 5.06. The van der Waals surface area contributed by atoms with Gasteiger partial charge in [-0.05, 0) is 12.8 Å². The summed E-state index contributed by atoms with van der Waals surface area (Å²) in [6.45, 7) is 0. The Balaban J connectivity index is 0. The van der Waals surface area contributed by atoms with E-state index in [4.69, 9.17) is 10.2 Å². The fourth-order valence-corrected chi connectivity index (χ4v) is 1.26. The highest BCUT2D eigenvalue weighted by Crippen LogP contribution is 2.08. The Morgan fingerprint density at radius 3 is 1.20 bits per heavy atom. The summed E-state index contributed by atoms with van der Waals surface area (Å²) in [6.07, 6.45) is 5.82. The summed E-state index contributed by atoms with van der Waals surface area (Å²) in [4.78, 5) is 20.3. The molecule has 0 aliphatic heterocycles. The fourth-order valence-electron chi connectivity index (χ4n) is 1.26. The zero-order chi connectivity index (χ0) is 10.8. The molecule has 0 saturated carbocycles. The van der Waals surface area contributed by atoms with Crippen LogP contribution in [0.1, 0.15) is 51.4 Å². The quantitative estimate of drug-likeness (QED) is 0.462. The minimum atomic E-state index is -0.740. The third-order valence-electron chi connectivity index (χ3n) is 2.03. The Labute approximate surface area is 106 Å². The average molecular weight is 229 g/mol. The van der Waals surface area contributed by atoms with Crippen LogP contribution in [0.3, 0.4) is 0 Å². The molecule has 0 aromatic rings. The second-order valence-corrected chi connectivity index (χ2v) is 3.41. The van der Waals surface area contributed by atoms with Gasteiger partial charge in [-0.3, -0.25) is 9.59 Å². The molecular formula is C10H20MgO4. The highest BCUT2D eigenvalue weighted by molar-refractivity contribution is 5.75. The summed E-state index contributed by atoms with van der Waals surface area (Å²) in [7, 11) is 0. The van der Waals surface area contributed by atoms with Crippen LogP contribution in [0.2, 0.25) is 0 Å². The Hall–Kier alpha value is -0.294. The molecule has 0 aromatic heterocycles. The van der Waals surface area contributed by atoms with Gasteiger partial charge < -0.3 is 10.2 Å². The molecule has 0 heterocycles. The van der Waals surface area contributed by atoms with E-state index in [-0.39, 0.29) is 35.9 Å². The number of carboxylic acid groups (broad SMARTS) is 2. The first-order chi connectivity index (χ1) is 6.63. The lowest BCUT2D eigenvalue weighted by molar-refractivity contribution is -0.138. The van der Waals surface area contributed by atoms with E-state index in [9.17, 15) is 9.59 Å². The molecule has 0 saturated heterocycles. The van der Waals surface area contributed by atoms with Crippen molar-refractivity contribution in [3.8, 4) is 0 Å². The number of hydrogen-bond donors (Lipinski definition) is 2. The number of aliphatic carboxylic acids is 2. The van der Waals surface area contributed by atoms with Gasteiger partial charge in [-0.1, -0.05) is 25.7 Å². The van der Waals surface area contributed by atoms with E-state index in [1.165, 1.54) is 0 Å². The van der Waals surface area contributed by atoms with Crippen LogP contribution in [0.5, 0.6) is 0 Å². The van der Waals surface area contributed by atoms with E-state index >= 15 is 0 Å². The number of hydrogen-bond acceptors (Lipinski definition) is 2. The minimum absolute atomic E-state index is 0. The van der Waals surface area contributed by atoms with Gasteiger partial charge in [0.05, 0.1) is 0 Å². The maximum Gasteiger partial charge on any atom is 0.316 e. The molecule has 0 aliphatic carbocycles. The summed E-state index contributed by atoms with van der Waals surface area (Å²) in [5, 5.41) is 16.7. The van der Waals surface area contributed by atoms with Crippen molar-refractivity contribution in [1.82, 2.24) is 0 Å². The molecule has 0 bridgehead atoms.